The molecule has 0 amide bonds. The quantitative estimate of drug-likeness (QED) is 0.212. The number of hydrogen-bond donors (Lipinski definition) is 0. The lowest BCUT2D eigenvalue weighted by atomic mass is 9.67. The third-order valence-electron chi connectivity index (χ3n) is 8.12. The van der Waals surface area contributed by atoms with E-state index in [1.165, 1.54) is 7.11 Å². The van der Waals surface area contributed by atoms with Crippen molar-refractivity contribution in [3.05, 3.63) is 41.6 Å². The van der Waals surface area contributed by atoms with Gasteiger partial charge in [0, 0.05) is 36.9 Å². The molecule has 6 nitrogen and oxygen atoms in total. The molecule has 1 saturated carbocycles. The molecule has 3 aromatic rings. The van der Waals surface area contributed by atoms with Crippen molar-refractivity contribution in [3.8, 4) is 17.0 Å². The second-order valence-electron chi connectivity index (χ2n) is 12.4. The van der Waals surface area contributed by atoms with Crippen LogP contribution in [0.1, 0.15) is 57.7 Å². The van der Waals surface area contributed by atoms with E-state index in [-0.39, 0.29) is 23.0 Å². The topological polar surface area (TPSA) is 58.4 Å². The van der Waals surface area contributed by atoms with Crippen LogP contribution in [0, 0.1) is 12.3 Å². The van der Waals surface area contributed by atoms with Crippen LogP contribution >= 0.6 is 0 Å². The van der Waals surface area contributed by atoms with Crippen molar-refractivity contribution < 1.29 is 27.1 Å². The molecule has 0 atom stereocenters. The monoisotopic (exact) mass is 549 g/mol. The van der Waals surface area contributed by atoms with Gasteiger partial charge in [0.15, 0.2) is 20.8 Å². The number of aryl methyl sites for hydroxylation is 1. The summed E-state index contributed by atoms with van der Waals surface area (Å²) in [5.41, 5.74) is 1.42. The van der Waals surface area contributed by atoms with E-state index >= 15 is 0 Å². The van der Waals surface area contributed by atoms with Crippen molar-refractivity contribution in [1.29, 1.82) is 0 Å². The summed E-state index contributed by atoms with van der Waals surface area (Å²) in [5, 5.41) is 9.96. The van der Waals surface area contributed by atoms with Gasteiger partial charge < -0.3 is 18.5 Å². The SMILES string of the molecule is COCOc1cc(C(F)(F)F)cc(C)c1-c1cc2ccn(C3CC(C)(CO[Si](C)(C)C(C)(C)C)C3)c2nn1. The summed E-state index contributed by atoms with van der Waals surface area (Å²) in [6, 6.07) is 6.22. The first-order valence-corrected chi connectivity index (χ1v) is 15.8. The van der Waals surface area contributed by atoms with E-state index in [9.17, 15) is 13.2 Å². The van der Waals surface area contributed by atoms with Crippen LogP contribution in [0.15, 0.2) is 30.5 Å². The Kier molecular flexibility index (Phi) is 7.48. The second-order valence-corrected chi connectivity index (χ2v) is 17.2. The van der Waals surface area contributed by atoms with E-state index in [2.05, 4.69) is 55.6 Å². The molecule has 0 saturated heterocycles. The van der Waals surface area contributed by atoms with Gasteiger partial charge in [0.05, 0.1) is 11.3 Å². The zero-order valence-electron chi connectivity index (χ0n) is 23.5. The Morgan fingerprint density at radius 1 is 1.11 bits per heavy atom. The minimum atomic E-state index is -4.49. The molecule has 38 heavy (non-hydrogen) atoms. The Hall–Kier alpha value is -2.43. The van der Waals surface area contributed by atoms with E-state index in [0.717, 1.165) is 42.6 Å². The molecular formula is C28H38F3N3O3Si. The molecule has 1 aromatic carbocycles. The summed E-state index contributed by atoms with van der Waals surface area (Å²) in [6.07, 6.45) is -0.498. The van der Waals surface area contributed by atoms with Crippen LogP contribution in [0.5, 0.6) is 5.75 Å². The molecule has 4 rings (SSSR count). The number of nitrogens with zero attached hydrogens (tertiary/aromatic N) is 3. The number of rotatable bonds is 8. The number of alkyl halides is 3. The van der Waals surface area contributed by atoms with Gasteiger partial charge >= 0.3 is 6.18 Å². The Morgan fingerprint density at radius 2 is 1.79 bits per heavy atom. The number of fused-ring (bicyclic) bond motifs is 1. The first kappa shape index (κ1) is 28.6. The molecule has 208 valence electrons. The number of benzene rings is 1. The van der Waals surface area contributed by atoms with Crippen LogP contribution in [-0.4, -0.2) is 43.6 Å². The molecule has 0 bridgehead atoms. The molecule has 0 unspecified atom stereocenters. The summed E-state index contributed by atoms with van der Waals surface area (Å²) in [6.45, 7) is 15.8. The third-order valence-corrected chi connectivity index (χ3v) is 12.6. The summed E-state index contributed by atoms with van der Waals surface area (Å²) < 4.78 is 59.4. The zero-order chi connectivity index (χ0) is 28.1. The summed E-state index contributed by atoms with van der Waals surface area (Å²) >= 11 is 0. The second kappa shape index (κ2) is 9.95. The van der Waals surface area contributed by atoms with Crippen LogP contribution in [0.2, 0.25) is 18.1 Å². The Bertz CT molecular complexity index is 1310. The van der Waals surface area contributed by atoms with Crippen LogP contribution in [0.4, 0.5) is 13.2 Å². The number of aromatic nitrogens is 3. The Labute approximate surface area is 223 Å². The van der Waals surface area contributed by atoms with Crippen LogP contribution in [-0.2, 0) is 15.3 Å². The number of halogens is 3. The van der Waals surface area contributed by atoms with Gasteiger partial charge in [0.2, 0.25) is 0 Å². The maximum atomic E-state index is 13.4. The largest absolute Gasteiger partial charge is 0.467 e. The van der Waals surface area contributed by atoms with Crippen molar-refractivity contribution in [2.75, 3.05) is 20.5 Å². The smallest absolute Gasteiger partial charge is 0.416 e. The van der Waals surface area contributed by atoms with Crippen molar-refractivity contribution in [3.63, 3.8) is 0 Å². The molecule has 0 radical (unpaired) electrons. The fourth-order valence-corrected chi connectivity index (χ4v) is 5.96. The van der Waals surface area contributed by atoms with Gasteiger partial charge in [-0.05, 0) is 73.1 Å². The van der Waals surface area contributed by atoms with Crippen molar-refractivity contribution in [2.24, 2.45) is 5.41 Å². The van der Waals surface area contributed by atoms with Gasteiger partial charge in [-0.1, -0.05) is 27.7 Å². The van der Waals surface area contributed by atoms with E-state index in [1.807, 2.05) is 18.3 Å². The molecule has 0 aliphatic heterocycles. The predicted octanol–water partition coefficient (Wildman–Crippen LogP) is 7.77. The van der Waals surface area contributed by atoms with E-state index in [0.29, 0.717) is 22.9 Å². The average molecular weight is 550 g/mol. The van der Waals surface area contributed by atoms with Gasteiger partial charge in [0.1, 0.15) is 5.75 Å². The molecule has 0 N–H and O–H groups in total. The maximum absolute atomic E-state index is 13.4. The number of methoxy groups -OCH3 is 1. The molecule has 1 fully saturated rings. The number of hydrogen-bond acceptors (Lipinski definition) is 5. The van der Waals surface area contributed by atoms with Crippen LogP contribution < -0.4 is 4.74 Å². The highest BCUT2D eigenvalue weighted by molar-refractivity contribution is 6.74. The predicted molar refractivity (Wildman–Crippen MR) is 145 cm³/mol. The highest BCUT2D eigenvalue weighted by Gasteiger charge is 2.45. The van der Waals surface area contributed by atoms with Gasteiger partial charge in [-0.25, -0.2) is 0 Å². The molecule has 1 aliphatic carbocycles. The molecule has 1 aliphatic rings. The lowest BCUT2D eigenvalue weighted by Gasteiger charge is -2.48. The fraction of sp³-hybridized carbons (Fsp3) is 0.571. The van der Waals surface area contributed by atoms with Crippen molar-refractivity contribution >= 4 is 19.4 Å². The molecule has 2 aromatic heterocycles. The molecule has 0 spiro atoms. The van der Waals surface area contributed by atoms with E-state index < -0.39 is 20.1 Å². The van der Waals surface area contributed by atoms with Crippen LogP contribution in [0.25, 0.3) is 22.3 Å². The Morgan fingerprint density at radius 3 is 2.39 bits per heavy atom. The van der Waals surface area contributed by atoms with Gasteiger partial charge in [0.25, 0.3) is 0 Å². The first-order chi connectivity index (χ1) is 17.5. The maximum Gasteiger partial charge on any atom is 0.416 e. The van der Waals surface area contributed by atoms with Crippen LogP contribution in [0.3, 0.4) is 0 Å². The normalized spacial score (nSPS) is 20.6. The van der Waals surface area contributed by atoms with Gasteiger partial charge in [-0.15, -0.1) is 10.2 Å². The van der Waals surface area contributed by atoms with Crippen molar-refractivity contribution in [2.45, 2.75) is 77.8 Å². The zero-order valence-corrected chi connectivity index (χ0v) is 24.5. The molecular weight excluding hydrogens is 511 g/mol. The highest BCUT2D eigenvalue weighted by Crippen LogP contribution is 2.50. The first-order valence-electron chi connectivity index (χ1n) is 12.9. The number of ether oxygens (including phenoxy) is 2. The minimum Gasteiger partial charge on any atom is -0.467 e. The summed E-state index contributed by atoms with van der Waals surface area (Å²) in [7, 11) is -0.393. The molecule has 2 heterocycles. The average Bonchev–Trinajstić information content (AvgIpc) is 3.20. The lowest BCUT2D eigenvalue weighted by Crippen LogP contribution is -2.47. The van der Waals surface area contributed by atoms with E-state index in [1.54, 1.807) is 6.92 Å². The standard InChI is InChI=1S/C28H38F3N3O3Si/c1-18-11-20(28(29,30)31)13-23(36-17-35-6)24(18)22-12-19-9-10-34(25(19)33-32-22)21-14-27(5,15-21)16-37-38(7,8)26(2,3)4/h9-13,21H,14-17H2,1-8H3. The van der Waals surface area contributed by atoms with E-state index in [4.69, 9.17) is 13.9 Å². The van der Waals surface area contributed by atoms with Gasteiger partial charge in [-0.2, -0.15) is 13.2 Å². The van der Waals surface area contributed by atoms with Gasteiger partial charge in [-0.3, -0.25) is 0 Å². The fourth-order valence-electron chi connectivity index (χ4n) is 4.82. The summed E-state index contributed by atoms with van der Waals surface area (Å²) in [5.74, 6) is 0.0590. The van der Waals surface area contributed by atoms with Crippen molar-refractivity contribution in [1.82, 2.24) is 14.8 Å². The minimum absolute atomic E-state index is 0.0590. The third kappa shape index (κ3) is 5.62. The lowest BCUT2D eigenvalue weighted by molar-refractivity contribution is -0.137. The Balaban J connectivity index is 1.56. The summed E-state index contributed by atoms with van der Waals surface area (Å²) in [4.78, 5) is 0. The highest BCUT2D eigenvalue weighted by atomic mass is 28.4. The molecule has 10 heteroatoms.